The summed E-state index contributed by atoms with van der Waals surface area (Å²) < 4.78 is 0. The van der Waals surface area contributed by atoms with Gasteiger partial charge in [0, 0.05) is 34.6 Å². The molecule has 0 radical (unpaired) electrons. The largest absolute Gasteiger partial charge is 0.507 e. The highest BCUT2D eigenvalue weighted by atomic mass is 16.3. The molecule has 0 saturated heterocycles. The Morgan fingerprint density at radius 1 is 0.781 bits per heavy atom. The van der Waals surface area contributed by atoms with Crippen LogP contribution in [0, 0.1) is 0 Å². The van der Waals surface area contributed by atoms with Crippen LogP contribution in [0.1, 0.15) is 68.6 Å². The van der Waals surface area contributed by atoms with Crippen LogP contribution in [0.5, 0.6) is 5.75 Å². The maximum Gasteiger partial charge on any atom is 0.255 e. The van der Waals surface area contributed by atoms with Crippen LogP contribution in [-0.4, -0.2) is 11.0 Å². The number of rotatable bonds is 5. The van der Waals surface area contributed by atoms with Gasteiger partial charge in [-0.05, 0) is 52.8 Å². The smallest absolute Gasteiger partial charge is 0.255 e. The zero-order valence-corrected chi connectivity index (χ0v) is 19.9. The predicted octanol–water partition coefficient (Wildman–Crippen LogP) is 6.85. The van der Waals surface area contributed by atoms with Crippen molar-refractivity contribution in [1.82, 2.24) is 0 Å². The van der Waals surface area contributed by atoms with Crippen LogP contribution >= 0.6 is 0 Å². The molecule has 0 heterocycles. The lowest BCUT2D eigenvalue weighted by atomic mass is 9.78. The number of amides is 1. The minimum atomic E-state index is -0.285. The van der Waals surface area contributed by atoms with E-state index in [1.807, 2.05) is 84.0 Å². The van der Waals surface area contributed by atoms with E-state index in [1.165, 1.54) is 5.56 Å². The fourth-order valence-electron chi connectivity index (χ4n) is 3.58. The van der Waals surface area contributed by atoms with E-state index >= 15 is 0 Å². The molecule has 0 atom stereocenters. The normalized spacial score (nSPS) is 11.8. The van der Waals surface area contributed by atoms with Crippen LogP contribution in [-0.2, 0) is 17.4 Å². The third-order valence-corrected chi connectivity index (χ3v) is 5.47. The Morgan fingerprint density at radius 3 is 1.78 bits per heavy atom. The summed E-state index contributed by atoms with van der Waals surface area (Å²) in [4.78, 5) is 13.1. The first-order chi connectivity index (χ1) is 14.9. The molecule has 4 nitrogen and oxygen atoms in total. The number of benzene rings is 3. The SMILES string of the molecule is CC(C)(C)c1cc(C(=O)Nc2ccc(NCc3ccccc3)cc2)cc(C(C)(C)C)c1O. The topological polar surface area (TPSA) is 61.4 Å². The summed E-state index contributed by atoms with van der Waals surface area (Å²) in [6, 6.07) is 21.5. The third kappa shape index (κ3) is 5.70. The molecule has 0 bridgehead atoms. The molecule has 3 aromatic rings. The number of aromatic hydroxyl groups is 1. The highest BCUT2D eigenvalue weighted by Gasteiger charge is 2.27. The zero-order chi connectivity index (χ0) is 23.5. The fraction of sp³-hybridized carbons (Fsp3) is 0.321. The number of phenolic OH excluding ortho intramolecular Hbond substituents is 1. The van der Waals surface area contributed by atoms with Gasteiger partial charge in [0.15, 0.2) is 0 Å². The minimum absolute atomic E-state index is 0.189. The monoisotopic (exact) mass is 430 g/mol. The number of hydrogen-bond acceptors (Lipinski definition) is 3. The quantitative estimate of drug-likeness (QED) is 0.415. The van der Waals surface area contributed by atoms with Crippen LogP contribution in [0.15, 0.2) is 66.7 Å². The summed E-state index contributed by atoms with van der Waals surface area (Å²) in [6.07, 6.45) is 0. The summed E-state index contributed by atoms with van der Waals surface area (Å²) in [7, 11) is 0. The van der Waals surface area contributed by atoms with Crippen LogP contribution in [0.2, 0.25) is 0 Å². The molecule has 0 unspecified atom stereocenters. The van der Waals surface area contributed by atoms with Crippen molar-refractivity contribution in [1.29, 1.82) is 0 Å². The minimum Gasteiger partial charge on any atom is -0.507 e. The average molecular weight is 431 g/mol. The lowest BCUT2D eigenvalue weighted by Gasteiger charge is -2.28. The van der Waals surface area contributed by atoms with E-state index in [-0.39, 0.29) is 22.5 Å². The molecule has 32 heavy (non-hydrogen) atoms. The van der Waals surface area contributed by atoms with Gasteiger partial charge in [0.2, 0.25) is 0 Å². The molecule has 168 valence electrons. The van der Waals surface area contributed by atoms with Gasteiger partial charge in [-0.1, -0.05) is 71.9 Å². The highest BCUT2D eigenvalue weighted by molar-refractivity contribution is 6.04. The number of nitrogens with one attached hydrogen (secondary N) is 2. The van der Waals surface area contributed by atoms with Gasteiger partial charge in [0.1, 0.15) is 5.75 Å². The summed E-state index contributed by atoms with van der Waals surface area (Å²) in [6.45, 7) is 13.0. The van der Waals surface area contributed by atoms with Gasteiger partial charge in [-0.2, -0.15) is 0 Å². The van der Waals surface area contributed by atoms with Crippen LogP contribution in [0.4, 0.5) is 11.4 Å². The molecule has 4 heteroatoms. The molecule has 3 aromatic carbocycles. The second-order valence-corrected chi connectivity index (χ2v) is 10.3. The first kappa shape index (κ1) is 23.4. The summed E-state index contributed by atoms with van der Waals surface area (Å²) >= 11 is 0. The zero-order valence-electron chi connectivity index (χ0n) is 19.9. The second kappa shape index (κ2) is 9.07. The Kier molecular flexibility index (Phi) is 6.63. The highest BCUT2D eigenvalue weighted by Crippen LogP contribution is 2.39. The molecular weight excluding hydrogens is 396 g/mol. The Balaban J connectivity index is 1.78. The van der Waals surface area contributed by atoms with Crippen molar-refractivity contribution < 1.29 is 9.90 Å². The van der Waals surface area contributed by atoms with E-state index in [0.29, 0.717) is 5.56 Å². The second-order valence-electron chi connectivity index (χ2n) is 10.3. The van der Waals surface area contributed by atoms with Crippen molar-refractivity contribution in [2.24, 2.45) is 0 Å². The number of hydrogen-bond donors (Lipinski definition) is 3. The molecular formula is C28H34N2O2. The van der Waals surface area contributed by atoms with Crippen molar-refractivity contribution in [2.75, 3.05) is 10.6 Å². The van der Waals surface area contributed by atoms with E-state index in [1.54, 1.807) is 12.1 Å². The number of anilines is 2. The molecule has 0 aliphatic carbocycles. The van der Waals surface area contributed by atoms with E-state index in [9.17, 15) is 9.90 Å². The Hall–Kier alpha value is -3.27. The summed E-state index contributed by atoms with van der Waals surface area (Å²) in [5, 5.41) is 17.3. The molecule has 0 fully saturated rings. The molecule has 0 aromatic heterocycles. The Labute approximate surface area is 191 Å². The lowest BCUT2D eigenvalue weighted by molar-refractivity contribution is 0.102. The molecule has 0 aliphatic rings. The maximum absolute atomic E-state index is 13.1. The van der Waals surface area contributed by atoms with Gasteiger partial charge in [-0.3, -0.25) is 4.79 Å². The van der Waals surface area contributed by atoms with Gasteiger partial charge in [-0.25, -0.2) is 0 Å². The van der Waals surface area contributed by atoms with Crippen LogP contribution < -0.4 is 10.6 Å². The van der Waals surface area contributed by atoms with Crippen molar-refractivity contribution in [3.8, 4) is 5.75 Å². The van der Waals surface area contributed by atoms with Crippen molar-refractivity contribution >= 4 is 17.3 Å². The molecule has 1 amide bonds. The standard InChI is InChI=1S/C28H34N2O2/c1-27(2,3)23-16-20(17-24(25(23)31)28(4,5)6)26(32)30-22-14-12-21(13-15-22)29-18-19-10-8-7-9-11-19/h7-17,29,31H,18H2,1-6H3,(H,30,32). The first-order valence-corrected chi connectivity index (χ1v) is 11.0. The van der Waals surface area contributed by atoms with Gasteiger partial charge in [0.05, 0.1) is 0 Å². The first-order valence-electron chi connectivity index (χ1n) is 11.0. The van der Waals surface area contributed by atoms with Crippen molar-refractivity contribution in [3.63, 3.8) is 0 Å². The summed E-state index contributed by atoms with van der Waals surface area (Å²) in [5.41, 5.74) is 4.44. The molecule has 0 aliphatic heterocycles. The summed E-state index contributed by atoms with van der Waals surface area (Å²) in [5.74, 6) is 0.0846. The Bertz CT molecular complexity index is 1040. The van der Waals surface area contributed by atoms with E-state index in [0.717, 1.165) is 29.0 Å². The van der Waals surface area contributed by atoms with Gasteiger partial charge < -0.3 is 15.7 Å². The van der Waals surface area contributed by atoms with Crippen molar-refractivity contribution in [3.05, 3.63) is 89.0 Å². The number of carbonyl (C=O) groups excluding carboxylic acids is 1. The number of phenols is 1. The van der Waals surface area contributed by atoms with Crippen LogP contribution in [0.25, 0.3) is 0 Å². The number of carbonyl (C=O) groups is 1. The van der Waals surface area contributed by atoms with E-state index in [2.05, 4.69) is 22.8 Å². The van der Waals surface area contributed by atoms with E-state index in [4.69, 9.17) is 0 Å². The van der Waals surface area contributed by atoms with Crippen LogP contribution in [0.3, 0.4) is 0 Å². The Morgan fingerprint density at radius 2 is 1.28 bits per heavy atom. The predicted molar refractivity (Wildman–Crippen MR) is 134 cm³/mol. The van der Waals surface area contributed by atoms with Crippen molar-refractivity contribution in [2.45, 2.75) is 58.9 Å². The van der Waals surface area contributed by atoms with Gasteiger partial charge in [-0.15, -0.1) is 0 Å². The fourth-order valence-corrected chi connectivity index (χ4v) is 3.58. The average Bonchev–Trinajstić information content (AvgIpc) is 2.72. The van der Waals surface area contributed by atoms with Gasteiger partial charge >= 0.3 is 0 Å². The molecule has 3 rings (SSSR count). The molecule has 3 N–H and O–H groups in total. The maximum atomic E-state index is 13.1. The molecule has 0 saturated carbocycles. The van der Waals surface area contributed by atoms with Gasteiger partial charge in [0.25, 0.3) is 5.91 Å². The van der Waals surface area contributed by atoms with E-state index < -0.39 is 0 Å². The third-order valence-electron chi connectivity index (χ3n) is 5.47. The molecule has 0 spiro atoms. The lowest BCUT2D eigenvalue weighted by Crippen LogP contribution is -2.20.